The molecule has 2 aromatic carbocycles. The van der Waals surface area contributed by atoms with E-state index in [9.17, 15) is 50.0 Å². The minimum absolute atomic E-state index is 0.0535. The second-order valence-corrected chi connectivity index (χ2v) is 7.41. The van der Waals surface area contributed by atoms with Crippen molar-refractivity contribution in [2.75, 3.05) is 26.4 Å². The van der Waals surface area contributed by atoms with Gasteiger partial charge in [0.2, 0.25) is 0 Å². The first kappa shape index (κ1) is 32.6. The number of nitro groups is 2. The summed E-state index contributed by atoms with van der Waals surface area (Å²) in [6.07, 6.45) is 1.61. The molecule has 0 amide bonds. The predicted octanol–water partition coefficient (Wildman–Crippen LogP) is 3.48. The number of carbonyl (C=O) groups is 2. The van der Waals surface area contributed by atoms with Crippen LogP contribution in [-0.2, 0) is 19.1 Å². The number of esters is 2. The molecule has 0 N–H and O–H groups in total. The molecule has 0 radical (unpaired) electrons. The van der Waals surface area contributed by atoms with Crippen LogP contribution in [0.2, 0.25) is 0 Å². The molecule has 2 rings (SSSR count). The maximum Gasteiger partial charge on any atom is 0.338 e. The summed E-state index contributed by atoms with van der Waals surface area (Å²) in [5, 5.41) is 38.8. The molecule has 0 bridgehead atoms. The molecule has 18 heteroatoms. The Morgan fingerprint density at radius 2 is 0.825 bits per heavy atom. The highest BCUT2D eigenvalue weighted by atomic mass is 17.0. The molecule has 0 aromatic heterocycles. The molecule has 40 heavy (non-hydrogen) atoms. The van der Waals surface area contributed by atoms with Crippen molar-refractivity contribution in [2.45, 2.75) is 25.7 Å². The van der Waals surface area contributed by atoms with Gasteiger partial charge in [0, 0.05) is 24.3 Å². The normalized spacial score (nSPS) is 9.80. The van der Waals surface area contributed by atoms with Gasteiger partial charge in [0.25, 0.3) is 21.5 Å². The zero-order valence-electron chi connectivity index (χ0n) is 20.8. The van der Waals surface area contributed by atoms with Crippen LogP contribution in [0.15, 0.2) is 48.5 Å². The van der Waals surface area contributed by atoms with Crippen LogP contribution in [-0.4, -0.2) is 58.4 Å². The molecule has 0 aliphatic heterocycles. The number of nitrogens with zero attached hydrogens (tertiary/aromatic N) is 4. The van der Waals surface area contributed by atoms with Crippen molar-refractivity contribution in [3.05, 3.63) is 100 Å². The Morgan fingerprint density at radius 3 is 1.10 bits per heavy atom. The maximum atomic E-state index is 11.5. The van der Waals surface area contributed by atoms with Gasteiger partial charge in [-0.05, 0) is 49.9 Å². The lowest BCUT2D eigenvalue weighted by atomic mass is 10.2. The van der Waals surface area contributed by atoms with Crippen molar-refractivity contribution in [3.8, 4) is 0 Å². The zero-order chi connectivity index (χ0) is 29.9. The summed E-state index contributed by atoms with van der Waals surface area (Å²) < 4.78 is 9.80. The fourth-order valence-electron chi connectivity index (χ4n) is 2.62. The number of benzene rings is 2. The Balaban J connectivity index is 0.000000400. The molecule has 0 saturated heterocycles. The minimum Gasteiger partial charge on any atom is -0.462 e. The number of nitro benzene ring substituents is 2. The second kappa shape index (κ2) is 17.9. The van der Waals surface area contributed by atoms with Crippen LogP contribution in [0.25, 0.3) is 0 Å². The standard InChI is InChI=1S/2C11H12N2O7/c2*14-11(19-7-1-2-8-20-13(17)18)9-3-5-10(6-4-9)12(15)16/h2*3-6H,1-2,7-8H2. The van der Waals surface area contributed by atoms with Gasteiger partial charge in [-0.1, -0.05) is 0 Å². The first-order valence-corrected chi connectivity index (χ1v) is 11.4. The van der Waals surface area contributed by atoms with Gasteiger partial charge < -0.3 is 19.1 Å². The predicted molar refractivity (Wildman–Crippen MR) is 131 cm³/mol. The smallest absolute Gasteiger partial charge is 0.338 e. The van der Waals surface area contributed by atoms with Crippen LogP contribution in [0.4, 0.5) is 11.4 Å². The van der Waals surface area contributed by atoms with Gasteiger partial charge in [-0.3, -0.25) is 20.2 Å². The van der Waals surface area contributed by atoms with Crippen molar-refractivity contribution in [3.63, 3.8) is 0 Å². The number of hydrogen-bond acceptors (Lipinski definition) is 14. The largest absolute Gasteiger partial charge is 0.462 e. The van der Waals surface area contributed by atoms with Gasteiger partial charge in [0.1, 0.15) is 0 Å². The first-order chi connectivity index (χ1) is 19.0. The van der Waals surface area contributed by atoms with Crippen LogP contribution in [0.1, 0.15) is 46.4 Å². The second-order valence-electron chi connectivity index (χ2n) is 7.41. The summed E-state index contributed by atoms with van der Waals surface area (Å²) in [6, 6.07) is 10.0. The fraction of sp³-hybridized carbons (Fsp3) is 0.364. The van der Waals surface area contributed by atoms with E-state index in [2.05, 4.69) is 9.68 Å². The topological polar surface area (TPSA) is 244 Å². The van der Waals surface area contributed by atoms with Crippen molar-refractivity contribution >= 4 is 23.3 Å². The molecule has 0 atom stereocenters. The zero-order valence-corrected chi connectivity index (χ0v) is 20.8. The molecular formula is C22H24N4O14. The van der Waals surface area contributed by atoms with Crippen LogP contribution in [0, 0.1) is 40.5 Å². The SMILES string of the molecule is O=C(OCCCCO[N+](=O)[O-])c1ccc([N+](=O)[O-])cc1.O=C(OCCCCO[N+](=O)[O-])c1ccc([N+](=O)[O-])cc1. The highest BCUT2D eigenvalue weighted by Gasteiger charge is 2.11. The van der Waals surface area contributed by atoms with Crippen LogP contribution >= 0.6 is 0 Å². The van der Waals surface area contributed by atoms with Gasteiger partial charge in [0.15, 0.2) is 0 Å². The molecule has 216 valence electrons. The number of rotatable bonds is 16. The monoisotopic (exact) mass is 568 g/mol. The number of non-ortho nitro benzene ring substituents is 2. The Bertz CT molecular complexity index is 1060. The summed E-state index contributed by atoms with van der Waals surface area (Å²) in [5.41, 5.74) is 0.186. The third-order valence-corrected chi connectivity index (χ3v) is 4.56. The lowest BCUT2D eigenvalue weighted by Crippen LogP contribution is -2.08. The highest BCUT2D eigenvalue weighted by molar-refractivity contribution is 5.90. The van der Waals surface area contributed by atoms with Crippen LogP contribution < -0.4 is 0 Å². The van der Waals surface area contributed by atoms with Crippen LogP contribution in [0.5, 0.6) is 0 Å². The number of carbonyl (C=O) groups excluding carboxylic acids is 2. The van der Waals surface area contributed by atoms with Gasteiger partial charge in [-0.25, -0.2) is 9.59 Å². The van der Waals surface area contributed by atoms with E-state index in [4.69, 9.17) is 9.47 Å². The van der Waals surface area contributed by atoms with Gasteiger partial charge in [0.05, 0.1) is 47.4 Å². The Morgan fingerprint density at radius 1 is 0.525 bits per heavy atom. The van der Waals surface area contributed by atoms with E-state index >= 15 is 0 Å². The lowest BCUT2D eigenvalue weighted by Gasteiger charge is -2.04. The molecule has 0 unspecified atom stereocenters. The van der Waals surface area contributed by atoms with Crippen molar-refractivity contribution in [1.82, 2.24) is 0 Å². The molecule has 2 aromatic rings. The molecule has 0 spiro atoms. The van der Waals surface area contributed by atoms with E-state index in [1.54, 1.807) is 0 Å². The molecule has 0 heterocycles. The summed E-state index contributed by atoms with van der Waals surface area (Å²) in [6.45, 7) is 0.0813. The average molecular weight is 568 g/mol. The summed E-state index contributed by atoms with van der Waals surface area (Å²) in [4.78, 5) is 70.7. The van der Waals surface area contributed by atoms with Gasteiger partial charge >= 0.3 is 11.9 Å². The number of ether oxygens (including phenoxy) is 2. The Hall–Kier alpha value is -5.42. The Labute approximate surface area is 224 Å². The summed E-state index contributed by atoms with van der Waals surface area (Å²) in [7, 11) is 0. The Kier molecular flexibility index (Phi) is 14.6. The summed E-state index contributed by atoms with van der Waals surface area (Å²) >= 11 is 0. The maximum absolute atomic E-state index is 11.5. The van der Waals surface area contributed by atoms with E-state index in [-0.39, 0.29) is 48.9 Å². The number of unbranched alkanes of at least 4 members (excludes halogenated alkanes) is 2. The van der Waals surface area contributed by atoms with E-state index in [1.165, 1.54) is 48.5 Å². The molecule has 0 aliphatic carbocycles. The lowest BCUT2D eigenvalue weighted by molar-refractivity contribution is -0.757. The quantitative estimate of drug-likeness (QED) is 0.122. The molecule has 0 aliphatic rings. The molecule has 18 nitrogen and oxygen atoms in total. The van der Waals surface area contributed by atoms with E-state index in [0.717, 1.165) is 0 Å². The average Bonchev–Trinajstić information content (AvgIpc) is 2.92. The summed E-state index contributed by atoms with van der Waals surface area (Å²) in [5.74, 6) is -1.20. The van der Waals surface area contributed by atoms with Gasteiger partial charge in [-0.2, -0.15) is 0 Å². The van der Waals surface area contributed by atoms with Crippen molar-refractivity contribution in [1.29, 1.82) is 0 Å². The first-order valence-electron chi connectivity index (χ1n) is 11.4. The minimum atomic E-state index is -0.886. The van der Waals surface area contributed by atoms with Crippen LogP contribution in [0.3, 0.4) is 0 Å². The molecule has 0 fully saturated rings. The van der Waals surface area contributed by atoms with Gasteiger partial charge in [-0.15, -0.1) is 20.2 Å². The van der Waals surface area contributed by atoms with Crippen molar-refractivity contribution < 1.29 is 48.8 Å². The fourth-order valence-corrected chi connectivity index (χ4v) is 2.62. The third kappa shape index (κ3) is 13.8. The van der Waals surface area contributed by atoms with E-state index < -0.39 is 32.0 Å². The van der Waals surface area contributed by atoms with Crippen molar-refractivity contribution in [2.24, 2.45) is 0 Å². The third-order valence-electron chi connectivity index (χ3n) is 4.56. The number of hydrogen-bond donors (Lipinski definition) is 0. The van der Waals surface area contributed by atoms with E-state index in [0.29, 0.717) is 25.7 Å². The highest BCUT2D eigenvalue weighted by Crippen LogP contribution is 2.14. The molecule has 0 saturated carbocycles. The van der Waals surface area contributed by atoms with E-state index in [1.807, 2.05) is 0 Å². The molecular weight excluding hydrogens is 544 g/mol.